The predicted molar refractivity (Wildman–Crippen MR) is 72.9 cm³/mol. The van der Waals surface area contributed by atoms with Crippen molar-refractivity contribution in [2.75, 3.05) is 0 Å². The molecule has 0 aromatic heterocycles. The highest BCUT2D eigenvalue weighted by Gasteiger charge is 2.30. The van der Waals surface area contributed by atoms with Gasteiger partial charge in [-0.3, -0.25) is 0 Å². The van der Waals surface area contributed by atoms with Crippen molar-refractivity contribution in [3.63, 3.8) is 0 Å². The fraction of sp³-hybridized carbons (Fsp3) is 0.200. The van der Waals surface area contributed by atoms with Gasteiger partial charge in [-0.05, 0) is 35.2 Å². The molecule has 0 heterocycles. The Balaban J connectivity index is 2.08. The Hall–Kier alpha value is -0.980. The molecule has 0 saturated heterocycles. The van der Waals surface area contributed by atoms with E-state index in [9.17, 15) is 0 Å². The highest BCUT2D eigenvalue weighted by molar-refractivity contribution is 6.31. The lowest BCUT2D eigenvalue weighted by Crippen LogP contribution is -1.95. The average molecular weight is 263 g/mol. The zero-order valence-electron chi connectivity index (χ0n) is 9.24. The van der Waals surface area contributed by atoms with Crippen molar-refractivity contribution in [3.05, 3.63) is 70.2 Å². The van der Waals surface area contributed by atoms with Gasteiger partial charge in [0.1, 0.15) is 0 Å². The van der Waals surface area contributed by atoms with E-state index in [0.717, 1.165) is 11.4 Å². The molecule has 0 fully saturated rings. The molecular weight excluding hydrogens is 251 g/mol. The van der Waals surface area contributed by atoms with E-state index in [-0.39, 0.29) is 5.38 Å². The standard InChI is InChI=1S/C15H12Cl2/c16-11-6-7-12-13(9-15(17)14(12)8-11)10-4-2-1-3-5-10/h1-8,13,15H,9H2. The summed E-state index contributed by atoms with van der Waals surface area (Å²) in [7, 11) is 0. The molecule has 1 aliphatic carbocycles. The van der Waals surface area contributed by atoms with Crippen LogP contribution < -0.4 is 0 Å². The summed E-state index contributed by atoms with van der Waals surface area (Å²) in [6.45, 7) is 0. The summed E-state index contributed by atoms with van der Waals surface area (Å²) in [5.74, 6) is 0.408. The summed E-state index contributed by atoms with van der Waals surface area (Å²) >= 11 is 12.4. The summed E-state index contributed by atoms with van der Waals surface area (Å²) in [6.07, 6.45) is 0.960. The Morgan fingerprint density at radius 2 is 1.71 bits per heavy atom. The molecule has 2 aromatic rings. The van der Waals surface area contributed by atoms with Gasteiger partial charge in [-0.1, -0.05) is 48.0 Å². The van der Waals surface area contributed by atoms with Crippen molar-refractivity contribution >= 4 is 23.2 Å². The fourth-order valence-electron chi connectivity index (χ4n) is 2.60. The quantitative estimate of drug-likeness (QED) is 0.624. The molecule has 3 rings (SSSR count). The van der Waals surface area contributed by atoms with Gasteiger partial charge in [-0.25, -0.2) is 0 Å². The molecule has 2 heteroatoms. The second kappa shape index (κ2) is 4.36. The third-order valence-corrected chi connectivity index (χ3v) is 4.05. The molecule has 17 heavy (non-hydrogen) atoms. The minimum Gasteiger partial charge on any atom is -0.118 e. The summed E-state index contributed by atoms with van der Waals surface area (Å²) < 4.78 is 0. The van der Waals surface area contributed by atoms with E-state index in [1.807, 2.05) is 18.2 Å². The highest BCUT2D eigenvalue weighted by atomic mass is 35.5. The first kappa shape index (κ1) is 11.1. The van der Waals surface area contributed by atoms with Crippen LogP contribution in [-0.4, -0.2) is 0 Å². The molecule has 0 N–H and O–H groups in total. The molecule has 2 aromatic carbocycles. The van der Waals surface area contributed by atoms with Crippen molar-refractivity contribution in [1.82, 2.24) is 0 Å². The van der Waals surface area contributed by atoms with Gasteiger partial charge in [0.25, 0.3) is 0 Å². The zero-order valence-corrected chi connectivity index (χ0v) is 10.7. The lowest BCUT2D eigenvalue weighted by Gasteiger charge is -2.11. The lowest BCUT2D eigenvalue weighted by molar-refractivity contribution is 0.771. The van der Waals surface area contributed by atoms with E-state index in [1.165, 1.54) is 16.7 Å². The van der Waals surface area contributed by atoms with Crippen LogP contribution >= 0.6 is 23.2 Å². The molecule has 0 aliphatic heterocycles. The van der Waals surface area contributed by atoms with Crippen LogP contribution in [0.2, 0.25) is 5.02 Å². The van der Waals surface area contributed by atoms with Crippen LogP contribution in [0.5, 0.6) is 0 Å². The third-order valence-electron chi connectivity index (χ3n) is 3.41. The van der Waals surface area contributed by atoms with E-state index < -0.39 is 0 Å². The van der Waals surface area contributed by atoms with Gasteiger partial charge in [-0.2, -0.15) is 0 Å². The van der Waals surface area contributed by atoms with Crippen molar-refractivity contribution in [2.45, 2.75) is 17.7 Å². The average Bonchev–Trinajstić information content (AvgIpc) is 2.68. The minimum absolute atomic E-state index is 0.0777. The molecular formula is C15H12Cl2. The maximum Gasteiger partial charge on any atom is 0.0597 e. The Bertz CT molecular complexity index is 534. The number of fused-ring (bicyclic) bond motifs is 1. The van der Waals surface area contributed by atoms with E-state index in [1.54, 1.807) is 0 Å². The maximum absolute atomic E-state index is 6.40. The highest BCUT2D eigenvalue weighted by Crippen LogP contribution is 2.47. The largest absolute Gasteiger partial charge is 0.118 e. The normalized spacial score (nSPS) is 22.5. The van der Waals surface area contributed by atoms with Crippen LogP contribution in [0.1, 0.15) is 34.4 Å². The fourth-order valence-corrected chi connectivity index (χ4v) is 3.14. The van der Waals surface area contributed by atoms with Gasteiger partial charge < -0.3 is 0 Å². The molecule has 2 atom stereocenters. The first-order valence-electron chi connectivity index (χ1n) is 5.74. The molecule has 0 amide bonds. The van der Waals surface area contributed by atoms with Crippen LogP contribution in [0.15, 0.2) is 48.5 Å². The van der Waals surface area contributed by atoms with Gasteiger partial charge >= 0.3 is 0 Å². The van der Waals surface area contributed by atoms with Gasteiger partial charge in [0.05, 0.1) is 5.38 Å². The van der Waals surface area contributed by atoms with Gasteiger partial charge in [-0.15, -0.1) is 11.6 Å². The van der Waals surface area contributed by atoms with Crippen LogP contribution in [-0.2, 0) is 0 Å². The number of hydrogen-bond acceptors (Lipinski definition) is 0. The summed E-state index contributed by atoms with van der Waals surface area (Å²) in [6, 6.07) is 16.6. The Morgan fingerprint density at radius 3 is 2.47 bits per heavy atom. The van der Waals surface area contributed by atoms with Crippen molar-refractivity contribution < 1.29 is 0 Å². The second-order valence-electron chi connectivity index (χ2n) is 4.44. The summed E-state index contributed by atoms with van der Waals surface area (Å²) in [4.78, 5) is 0. The van der Waals surface area contributed by atoms with Crippen LogP contribution in [0, 0.1) is 0 Å². The summed E-state index contributed by atoms with van der Waals surface area (Å²) in [5.41, 5.74) is 3.84. The molecule has 0 nitrogen and oxygen atoms in total. The molecule has 0 bridgehead atoms. The van der Waals surface area contributed by atoms with Gasteiger partial charge in [0.15, 0.2) is 0 Å². The topological polar surface area (TPSA) is 0 Å². The van der Waals surface area contributed by atoms with Crippen LogP contribution in [0.4, 0.5) is 0 Å². The smallest absolute Gasteiger partial charge is 0.0597 e. The number of hydrogen-bond donors (Lipinski definition) is 0. The first-order chi connectivity index (χ1) is 8.25. The van der Waals surface area contributed by atoms with Crippen molar-refractivity contribution in [1.29, 1.82) is 0 Å². The van der Waals surface area contributed by atoms with Crippen LogP contribution in [0.3, 0.4) is 0 Å². The first-order valence-corrected chi connectivity index (χ1v) is 6.55. The van der Waals surface area contributed by atoms with Crippen LogP contribution in [0.25, 0.3) is 0 Å². The zero-order chi connectivity index (χ0) is 11.8. The van der Waals surface area contributed by atoms with Crippen molar-refractivity contribution in [2.24, 2.45) is 0 Å². The van der Waals surface area contributed by atoms with Crippen molar-refractivity contribution in [3.8, 4) is 0 Å². The van der Waals surface area contributed by atoms with Gasteiger partial charge in [0.2, 0.25) is 0 Å². The second-order valence-corrected chi connectivity index (χ2v) is 5.40. The molecule has 2 unspecified atom stereocenters. The predicted octanol–water partition coefficient (Wildman–Crippen LogP) is 5.16. The Morgan fingerprint density at radius 1 is 0.941 bits per heavy atom. The number of halogens is 2. The number of benzene rings is 2. The maximum atomic E-state index is 6.40. The molecule has 1 aliphatic rings. The van der Waals surface area contributed by atoms with E-state index in [0.29, 0.717) is 5.92 Å². The summed E-state index contributed by atoms with van der Waals surface area (Å²) in [5, 5.41) is 0.844. The van der Waals surface area contributed by atoms with E-state index in [4.69, 9.17) is 23.2 Å². The SMILES string of the molecule is Clc1ccc2c(c1)C(Cl)CC2c1ccccc1. The Labute approximate surface area is 111 Å². The van der Waals surface area contributed by atoms with E-state index >= 15 is 0 Å². The molecule has 0 radical (unpaired) electrons. The lowest BCUT2D eigenvalue weighted by atomic mass is 9.93. The molecule has 0 spiro atoms. The molecule has 86 valence electrons. The van der Waals surface area contributed by atoms with E-state index in [2.05, 4.69) is 30.3 Å². The van der Waals surface area contributed by atoms with Gasteiger partial charge in [0, 0.05) is 10.9 Å². The minimum atomic E-state index is 0.0777. The number of rotatable bonds is 1. The number of alkyl halides is 1. The third kappa shape index (κ3) is 1.96. The monoisotopic (exact) mass is 262 g/mol. The Kier molecular flexibility index (Phi) is 2.85. The molecule has 0 saturated carbocycles.